The highest BCUT2D eigenvalue weighted by Gasteiger charge is 2.24. The largest absolute Gasteiger partial charge is 0.429 e. The second-order valence-corrected chi connectivity index (χ2v) is 7.80. The predicted octanol–water partition coefficient (Wildman–Crippen LogP) is 5.64. The van der Waals surface area contributed by atoms with Gasteiger partial charge in [-0.2, -0.15) is 8.78 Å². The highest BCUT2D eigenvalue weighted by Crippen LogP contribution is 2.32. The van der Waals surface area contributed by atoms with Crippen molar-refractivity contribution in [1.82, 2.24) is 4.57 Å². The third-order valence-corrected chi connectivity index (χ3v) is 5.45. The summed E-state index contributed by atoms with van der Waals surface area (Å²) in [5.74, 6) is 0.347. The summed E-state index contributed by atoms with van der Waals surface area (Å²) in [6.45, 7) is 9.81. The number of hydrogen-bond acceptors (Lipinski definition) is 1. The lowest BCUT2D eigenvalue weighted by Gasteiger charge is -2.30. The second-order valence-electron chi connectivity index (χ2n) is 7.80. The van der Waals surface area contributed by atoms with Crippen molar-refractivity contribution < 1.29 is 13.4 Å². The molecule has 0 aliphatic rings. The third-order valence-electron chi connectivity index (χ3n) is 5.45. The molecule has 0 bridgehead atoms. The van der Waals surface area contributed by atoms with Gasteiger partial charge in [0.15, 0.2) is 0 Å². The van der Waals surface area contributed by atoms with E-state index in [1.54, 1.807) is 7.48 Å². The maximum Gasteiger partial charge on any atom is 0.330 e. The summed E-state index contributed by atoms with van der Waals surface area (Å²) in [4.78, 5) is 0. The molecule has 5 heteroatoms. The molecule has 0 spiro atoms. The number of fused-ring (bicyclic) bond motifs is 1. The van der Waals surface area contributed by atoms with Crippen molar-refractivity contribution in [1.29, 1.82) is 0 Å². The van der Waals surface area contributed by atoms with Crippen LogP contribution >= 0.6 is 0 Å². The average molecular weight is 362 g/mol. The summed E-state index contributed by atoms with van der Waals surface area (Å²) in [5.41, 5.74) is 2.93. The highest BCUT2D eigenvalue weighted by atomic mass is 19.3. The van der Waals surface area contributed by atoms with Crippen LogP contribution in [-0.2, 0) is 17.5 Å². The Morgan fingerprint density at radius 1 is 1.19 bits per heavy atom. The number of aromatic nitrogens is 1. The van der Waals surface area contributed by atoms with Crippen LogP contribution in [0, 0.1) is 5.92 Å². The molecule has 0 unspecified atom stereocenters. The molecule has 0 aliphatic carbocycles. The van der Waals surface area contributed by atoms with Crippen molar-refractivity contribution in [2.24, 2.45) is 5.92 Å². The summed E-state index contributed by atoms with van der Waals surface area (Å²) in [6, 6.07) is 5.76. The molecule has 1 radical (unpaired) electrons. The number of unbranched alkanes of at least 4 members (excludes halogenated alkanes) is 1. The van der Waals surface area contributed by atoms with Crippen molar-refractivity contribution in [3.05, 3.63) is 29.5 Å². The van der Waals surface area contributed by atoms with Gasteiger partial charge in [0.2, 0.25) is 0 Å². The van der Waals surface area contributed by atoms with Gasteiger partial charge in [0, 0.05) is 16.7 Å². The van der Waals surface area contributed by atoms with Gasteiger partial charge < -0.3 is 4.65 Å². The molecule has 2 aromatic rings. The Bertz CT molecular complexity index is 737. The molecular formula is C21H31BF2NO. The zero-order chi connectivity index (χ0) is 19.5. The molecule has 2 nitrogen and oxygen atoms in total. The molecule has 0 N–H and O–H groups in total. The Labute approximate surface area is 157 Å². The van der Waals surface area contributed by atoms with Crippen molar-refractivity contribution >= 4 is 23.8 Å². The molecule has 1 aromatic heterocycles. The molecule has 0 atom stereocenters. The first-order chi connectivity index (χ1) is 12.2. The van der Waals surface area contributed by atoms with Crippen molar-refractivity contribution in [2.45, 2.75) is 79.4 Å². The Morgan fingerprint density at radius 3 is 2.42 bits per heavy atom. The lowest BCUT2D eigenvalue weighted by molar-refractivity contribution is 0.0667. The Hall–Kier alpha value is -1.36. The number of rotatable bonds is 9. The normalized spacial score (nSPS) is 12.5. The van der Waals surface area contributed by atoms with Crippen LogP contribution in [0.3, 0.4) is 0 Å². The van der Waals surface area contributed by atoms with Crippen LogP contribution in [-0.4, -0.2) is 17.7 Å². The van der Waals surface area contributed by atoms with Gasteiger partial charge in [-0.3, -0.25) is 4.57 Å². The van der Waals surface area contributed by atoms with E-state index in [2.05, 4.69) is 20.8 Å². The number of nitrogens with zero attached hydrogens (tertiary/aromatic N) is 1. The zero-order valence-corrected chi connectivity index (χ0v) is 16.9. The van der Waals surface area contributed by atoms with E-state index < -0.39 is 6.55 Å². The van der Waals surface area contributed by atoms with Crippen LogP contribution < -0.4 is 5.46 Å². The molecule has 0 saturated carbocycles. The van der Waals surface area contributed by atoms with Gasteiger partial charge in [0.05, 0.1) is 5.52 Å². The predicted molar refractivity (Wildman–Crippen MR) is 107 cm³/mol. The molecule has 143 valence electrons. The maximum absolute atomic E-state index is 13.8. The topological polar surface area (TPSA) is 14.2 Å². The number of alkyl halides is 2. The molecule has 1 heterocycles. The summed E-state index contributed by atoms with van der Waals surface area (Å²) >= 11 is 0. The number of benzene rings is 1. The molecular weight excluding hydrogens is 331 g/mol. The van der Waals surface area contributed by atoms with Crippen molar-refractivity contribution in [2.75, 3.05) is 0 Å². The van der Waals surface area contributed by atoms with Gasteiger partial charge >= 0.3 is 14.0 Å². The minimum absolute atomic E-state index is 0.305. The lowest BCUT2D eigenvalue weighted by atomic mass is 9.84. The average Bonchev–Trinajstić information content (AvgIpc) is 2.90. The van der Waals surface area contributed by atoms with E-state index >= 15 is 0 Å². The van der Waals surface area contributed by atoms with E-state index in [1.165, 1.54) is 4.57 Å². The minimum Gasteiger partial charge on any atom is -0.429 e. The zero-order valence-electron chi connectivity index (χ0n) is 16.9. The lowest BCUT2D eigenvalue weighted by Crippen LogP contribution is -2.36. The first-order valence-corrected chi connectivity index (χ1v) is 9.67. The first-order valence-electron chi connectivity index (χ1n) is 9.67. The molecule has 1 aromatic carbocycles. The Balaban J connectivity index is 2.45. The molecule has 0 aliphatic heterocycles. The smallest absolute Gasteiger partial charge is 0.330 e. The summed E-state index contributed by atoms with van der Waals surface area (Å²) in [5, 5.41) is 0.941. The van der Waals surface area contributed by atoms with Gasteiger partial charge in [-0.25, -0.2) is 0 Å². The maximum atomic E-state index is 13.8. The van der Waals surface area contributed by atoms with Gasteiger partial charge in [-0.05, 0) is 50.7 Å². The van der Waals surface area contributed by atoms with E-state index in [0.717, 1.165) is 41.4 Å². The van der Waals surface area contributed by atoms with Gasteiger partial charge in [-0.15, -0.1) is 0 Å². The quantitative estimate of drug-likeness (QED) is 0.527. The third kappa shape index (κ3) is 4.30. The van der Waals surface area contributed by atoms with Gasteiger partial charge in [0.1, 0.15) is 0 Å². The number of halogens is 2. The van der Waals surface area contributed by atoms with E-state index in [0.29, 0.717) is 17.9 Å². The molecule has 0 saturated heterocycles. The van der Waals surface area contributed by atoms with Crippen LogP contribution in [0.2, 0.25) is 0 Å². The van der Waals surface area contributed by atoms with Gasteiger partial charge in [-0.1, -0.05) is 51.7 Å². The van der Waals surface area contributed by atoms with Crippen LogP contribution in [0.5, 0.6) is 0 Å². The fraction of sp³-hybridized carbons (Fsp3) is 0.619. The van der Waals surface area contributed by atoms with E-state index in [4.69, 9.17) is 4.65 Å². The Kier molecular flexibility index (Phi) is 6.89. The van der Waals surface area contributed by atoms with E-state index in [9.17, 15) is 8.78 Å². The second kappa shape index (κ2) is 8.56. The summed E-state index contributed by atoms with van der Waals surface area (Å²) in [6.07, 6.45) is 3.51. The minimum atomic E-state index is -2.54. The van der Waals surface area contributed by atoms with Crippen molar-refractivity contribution in [3.63, 3.8) is 0 Å². The number of aryl methyl sites for hydroxylation is 1. The monoisotopic (exact) mass is 362 g/mol. The first kappa shape index (κ1) is 21.0. The van der Waals surface area contributed by atoms with Crippen LogP contribution in [0.1, 0.15) is 72.2 Å². The van der Waals surface area contributed by atoms with Crippen molar-refractivity contribution in [3.8, 4) is 0 Å². The highest BCUT2D eigenvalue weighted by molar-refractivity contribution is 6.47. The molecule has 0 fully saturated rings. The molecule has 0 amide bonds. The standard InChI is InChI=1S/C21H31BF2NO/c1-7-9-10-16-17-12-11-15(22-26-21(5,6)14(3)4)13-19(17)25(20(23)24)18(16)8-2/h11-14,20H,7-10H2,1-6H3. The van der Waals surface area contributed by atoms with E-state index in [-0.39, 0.29) is 5.60 Å². The summed E-state index contributed by atoms with van der Waals surface area (Å²) in [7, 11) is 1.69. The van der Waals surface area contributed by atoms with Crippen LogP contribution in [0.15, 0.2) is 18.2 Å². The fourth-order valence-electron chi connectivity index (χ4n) is 3.12. The molecule has 26 heavy (non-hydrogen) atoms. The Morgan fingerprint density at radius 2 is 1.88 bits per heavy atom. The van der Waals surface area contributed by atoms with Crippen LogP contribution in [0.4, 0.5) is 8.78 Å². The fourth-order valence-corrected chi connectivity index (χ4v) is 3.12. The van der Waals surface area contributed by atoms with Gasteiger partial charge in [0.25, 0.3) is 0 Å². The summed E-state index contributed by atoms with van der Waals surface area (Å²) < 4.78 is 34.8. The SMILES string of the molecule is CCCCc1c(CC)n(C(F)F)c2cc([B]OC(C)(C)C(C)C)ccc12. The molecule has 2 rings (SSSR count). The number of hydrogen-bond donors (Lipinski definition) is 0. The van der Waals surface area contributed by atoms with E-state index in [1.807, 2.05) is 39.0 Å². The van der Waals surface area contributed by atoms with Crippen LogP contribution in [0.25, 0.3) is 10.9 Å².